The van der Waals surface area contributed by atoms with E-state index in [2.05, 4.69) is 29.5 Å². The van der Waals surface area contributed by atoms with E-state index in [0.29, 0.717) is 31.5 Å². The fourth-order valence-corrected chi connectivity index (χ4v) is 1.64. The van der Waals surface area contributed by atoms with Gasteiger partial charge in [0.1, 0.15) is 5.82 Å². The summed E-state index contributed by atoms with van der Waals surface area (Å²) in [4.78, 5) is 14.8. The maximum absolute atomic E-state index is 11.0. The Morgan fingerprint density at radius 3 is 2.71 bits per heavy atom. The van der Waals surface area contributed by atoms with Crippen molar-refractivity contribution in [2.75, 3.05) is 36.9 Å². The molecule has 1 heterocycles. The summed E-state index contributed by atoms with van der Waals surface area (Å²) >= 11 is 0. The van der Waals surface area contributed by atoms with Gasteiger partial charge in [0.05, 0.1) is 11.5 Å². The summed E-state index contributed by atoms with van der Waals surface area (Å²) < 4.78 is 5.44. The van der Waals surface area contributed by atoms with Gasteiger partial charge >= 0.3 is 5.69 Å². The Morgan fingerprint density at radius 1 is 1.33 bits per heavy atom. The third kappa shape index (κ3) is 6.40. The van der Waals surface area contributed by atoms with Gasteiger partial charge in [0.15, 0.2) is 0 Å². The second-order valence-electron chi connectivity index (χ2n) is 5.14. The van der Waals surface area contributed by atoms with E-state index in [1.165, 1.54) is 6.07 Å². The van der Waals surface area contributed by atoms with Crippen LogP contribution in [0, 0.1) is 16.0 Å². The summed E-state index contributed by atoms with van der Waals surface area (Å²) in [5, 5.41) is 17.1. The quantitative estimate of drug-likeness (QED) is 0.392. The maximum Gasteiger partial charge on any atom is 0.311 e. The summed E-state index contributed by atoms with van der Waals surface area (Å²) in [6.45, 7) is 8.62. The zero-order valence-corrected chi connectivity index (χ0v) is 12.9. The molecular formula is C14H24N4O3. The van der Waals surface area contributed by atoms with Crippen LogP contribution in [-0.4, -0.2) is 36.2 Å². The Hall–Kier alpha value is -1.89. The molecule has 0 saturated carbocycles. The first-order valence-corrected chi connectivity index (χ1v) is 7.25. The van der Waals surface area contributed by atoms with E-state index in [1.54, 1.807) is 6.07 Å². The van der Waals surface area contributed by atoms with Crippen LogP contribution in [0.3, 0.4) is 0 Å². The van der Waals surface area contributed by atoms with E-state index in [9.17, 15) is 10.1 Å². The Bertz CT molecular complexity index is 452. The van der Waals surface area contributed by atoms with Gasteiger partial charge in [-0.15, -0.1) is 0 Å². The summed E-state index contributed by atoms with van der Waals surface area (Å²) in [5.74, 6) is 1.38. The van der Waals surface area contributed by atoms with Gasteiger partial charge in [0.25, 0.3) is 0 Å². The minimum absolute atomic E-state index is 0.0269. The van der Waals surface area contributed by atoms with Crippen molar-refractivity contribution in [1.29, 1.82) is 0 Å². The monoisotopic (exact) mass is 296 g/mol. The van der Waals surface area contributed by atoms with Gasteiger partial charge in [-0.3, -0.25) is 10.1 Å². The van der Waals surface area contributed by atoms with Crippen LogP contribution in [0.2, 0.25) is 0 Å². The zero-order valence-electron chi connectivity index (χ0n) is 12.9. The lowest BCUT2D eigenvalue weighted by molar-refractivity contribution is -0.384. The summed E-state index contributed by atoms with van der Waals surface area (Å²) in [7, 11) is 0. The van der Waals surface area contributed by atoms with Crippen molar-refractivity contribution in [3.8, 4) is 0 Å². The lowest BCUT2D eigenvalue weighted by Crippen LogP contribution is -2.14. The molecule has 0 aliphatic rings. The van der Waals surface area contributed by atoms with E-state index < -0.39 is 4.92 Å². The van der Waals surface area contributed by atoms with Crippen molar-refractivity contribution < 1.29 is 9.66 Å². The third-order valence-electron chi connectivity index (χ3n) is 2.62. The summed E-state index contributed by atoms with van der Waals surface area (Å²) in [6.07, 6.45) is 0.963. The molecule has 0 spiro atoms. The van der Waals surface area contributed by atoms with Crippen LogP contribution in [0.1, 0.15) is 27.2 Å². The first-order chi connectivity index (χ1) is 10.0. The van der Waals surface area contributed by atoms with Crippen LogP contribution >= 0.6 is 0 Å². The number of nitrogens with zero attached hydrogens (tertiary/aromatic N) is 2. The molecule has 1 rings (SSSR count). The van der Waals surface area contributed by atoms with Gasteiger partial charge in [0, 0.05) is 25.8 Å². The SMILES string of the molecule is CCCNc1ccc([N+](=O)[O-])c(NCCOCC(C)C)n1. The number of nitrogens with one attached hydrogen (secondary N) is 2. The second kappa shape index (κ2) is 9.12. The van der Waals surface area contributed by atoms with Crippen LogP contribution in [0.25, 0.3) is 0 Å². The molecule has 0 saturated heterocycles. The van der Waals surface area contributed by atoms with E-state index in [1.807, 2.05) is 6.92 Å². The van der Waals surface area contributed by atoms with Crippen molar-refractivity contribution in [2.24, 2.45) is 5.92 Å². The largest absolute Gasteiger partial charge is 0.379 e. The molecular weight excluding hydrogens is 272 g/mol. The van der Waals surface area contributed by atoms with Crippen molar-refractivity contribution in [2.45, 2.75) is 27.2 Å². The second-order valence-corrected chi connectivity index (χ2v) is 5.14. The molecule has 0 radical (unpaired) electrons. The highest BCUT2D eigenvalue weighted by Gasteiger charge is 2.15. The lowest BCUT2D eigenvalue weighted by atomic mass is 10.2. The van der Waals surface area contributed by atoms with Crippen molar-refractivity contribution >= 4 is 17.3 Å². The van der Waals surface area contributed by atoms with Crippen LogP contribution < -0.4 is 10.6 Å². The Labute approximate surface area is 125 Å². The highest BCUT2D eigenvalue weighted by Crippen LogP contribution is 2.23. The predicted octanol–water partition coefficient (Wildman–Crippen LogP) is 2.90. The minimum Gasteiger partial charge on any atom is -0.379 e. The van der Waals surface area contributed by atoms with Gasteiger partial charge < -0.3 is 15.4 Å². The first-order valence-electron chi connectivity index (χ1n) is 7.25. The molecule has 0 aromatic carbocycles. The predicted molar refractivity (Wildman–Crippen MR) is 83.8 cm³/mol. The summed E-state index contributed by atoms with van der Waals surface area (Å²) in [6, 6.07) is 3.08. The minimum atomic E-state index is -0.437. The normalized spacial score (nSPS) is 10.7. The highest BCUT2D eigenvalue weighted by molar-refractivity contribution is 5.60. The van der Waals surface area contributed by atoms with Crippen LogP contribution in [0.5, 0.6) is 0 Å². The van der Waals surface area contributed by atoms with Gasteiger partial charge in [0.2, 0.25) is 5.82 Å². The fourth-order valence-electron chi connectivity index (χ4n) is 1.64. The molecule has 0 fully saturated rings. The molecule has 7 nitrogen and oxygen atoms in total. The fraction of sp³-hybridized carbons (Fsp3) is 0.643. The van der Waals surface area contributed by atoms with E-state index >= 15 is 0 Å². The van der Waals surface area contributed by atoms with Gasteiger partial charge in [-0.1, -0.05) is 20.8 Å². The number of rotatable bonds is 10. The first kappa shape index (κ1) is 17.2. The Morgan fingerprint density at radius 2 is 2.10 bits per heavy atom. The maximum atomic E-state index is 11.0. The molecule has 2 N–H and O–H groups in total. The van der Waals surface area contributed by atoms with Crippen molar-refractivity contribution in [3.05, 3.63) is 22.2 Å². The van der Waals surface area contributed by atoms with E-state index in [4.69, 9.17) is 4.74 Å². The Kier molecular flexibility index (Phi) is 7.45. The molecule has 118 valence electrons. The number of hydrogen-bond acceptors (Lipinski definition) is 6. The molecule has 0 aliphatic carbocycles. The molecule has 1 aromatic rings. The number of pyridine rings is 1. The van der Waals surface area contributed by atoms with Crippen LogP contribution in [0.15, 0.2) is 12.1 Å². The number of nitro groups is 1. The zero-order chi connectivity index (χ0) is 15.7. The number of anilines is 2. The average molecular weight is 296 g/mol. The molecule has 1 aromatic heterocycles. The van der Waals surface area contributed by atoms with Gasteiger partial charge in [-0.2, -0.15) is 0 Å². The molecule has 0 aliphatic heterocycles. The van der Waals surface area contributed by atoms with E-state index in [-0.39, 0.29) is 11.5 Å². The molecule has 0 bridgehead atoms. The van der Waals surface area contributed by atoms with Gasteiger partial charge in [-0.25, -0.2) is 4.98 Å². The van der Waals surface area contributed by atoms with Gasteiger partial charge in [-0.05, 0) is 18.4 Å². The Balaban J connectivity index is 2.61. The third-order valence-corrected chi connectivity index (χ3v) is 2.62. The van der Waals surface area contributed by atoms with Crippen molar-refractivity contribution in [3.63, 3.8) is 0 Å². The molecule has 0 amide bonds. The van der Waals surface area contributed by atoms with E-state index in [0.717, 1.165) is 13.0 Å². The molecule has 7 heteroatoms. The van der Waals surface area contributed by atoms with Crippen LogP contribution in [0.4, 0.5) is 17.3 Å². The molecule has 0 unspecified atom stereocenters. The number of hydrogen-bond donors (Lipinski definition) is 2. The number of aromatic nitrogens is 1. The standard InChI is InChI=1S/C14H24N4O3/c1-4-7-15-13-6-5-12(18(19)20)14(17-13)16-8-9-21-10-11(2)3/h5-6,11H,4,7-10H2,1-3H3,(H2,15,16,17). The number of ether oxygens (including phenoxy) is 1. The topological polar surface area (TPSA) is 89.3 Å². The highest BCUT2D eigenvalue weighted by atomic mass is 16.6. The summed E-state index contributed by atoms with van der Waals surface area (Å²) in [5.41, 5.74) is -0.0269. The molecule has 0 atom stereocenters. The molecule has 21 heavy (non-hydrogen) atoms. The lowest BCUT2D eigenvalue weighted by Gasteiger charge is -2.10. The average Bonchev–Trinajstić information content (AvgIpc) is 2.44. The van der Waals surface area contributed by atoms with Crippen molar-refractivity contribution in [1.82, 2.24) is 4.98 Å². The van der Waals surface area contributed by atoms with Crippen LogP contribution in [-0.2, 0) is 4.74 Å². The smallest absolute Gasteiger partial charge is 0.311 e.